The number of carbonyl (C=O) groups is 1. The number of β-amino-alcohol motifs (C(OH)–C–C–N with tert-alkyl or cyclic N) is 1. The molecule has 1 saturated heterocycles. The minimum Gasteiger partial charge on any atom is -0.493 e. The SMILES string of the molecule is COc1cc(C(=O)N(CC(C)C)C[C@H]2CN(C[C@@H](O)COCc3ccccc3)CCO2)cc(OC)c1OC. The van der Waals surface area contributed by atoms with Crippen molar-refractivity contribution >= 4 is 5.91 Å². The number of amides is 1. The minimum absolute atomic E-state index is 0.131. The highest BCUT2D eigenvalue weighted by Gasteiger charge is 2.28. The quantitative estimate of drug-likeness (QED) is 0.399. The number of aliphatic hydroxyl groups excluding tert-OH is 1. The Bertz CT molecular complexity index is 977. The number of aliphatic hydroxyl groups is 1. The normalized spacial score (nSPS) is 16.8. The Hall–Kier alpha value is -2.85. The lowest BCUT2D eigenvalue weighted by Gasteiger charge is -2.37. The molecule has 0 aromatic heterocycles. The molecule has 2 atom stereocenters. The van der Waals surface area contributed by atoms with E-state index in [2.05, 4.69) is 18.7 Å². The molecular weight excluding hydrogens is 488 g/mol. The second-order valence-corrected chi connectivity index (χ2v) is 9.92. The number of nitrogens with zero attached hydrogens (tertiary/aromatic N) is 2. The van der Waals surface area contributed by atoms with E-state index in [9.17, 15) is 9.90 Å². The first kappa shape index (κ1) is 29.7. The van der Waals surface area contributed by atoms with Crippen LogP contribution >= 0.6 is 0 Å². The summed E-state index contributed by atoms with van der Waals surface area (Å²) in [5.41, 5.74) is 1.53. The van der Waals surface area contributed by atoms with E-state index in [0.717, 1.165) is 12.1 Å². The third-order valence-electron chi connectivity index (χ3n) is 6.32. The Morgan fingerprint density at radius 1 is 1.11 bits per heavy atom. The summed E-state index contributed by atoms with van der Waals surface area (Å²) >= 11 is 0. The molecule has 9 heteroatoms. The van der Waals surface area contributed by atoms with Gasteiger partial charge in [-0.1, -0.05) is 44.2 Å². The first-order chi connectivity index (χ1) is 18.3. The van der Waals surface area contributed by atoms with Crippen LogP contribution in [0.2, 0.25) is 0 Å². The van der Waals surface area contributed by atoms with Crippen molar-refractivity contribution in [1.29, 1.82) is 0 Å². The van der Waals surface area contributed by atoms with E-state index in [0.29, 0.717) is 62.2 Å². The zero-order valence-corrected chi connectivity index (χ0v) is 23.2. The summed E-state index contributed by atoms with van der Waals surface area (Å²) in [6.45, 7) is 8.26. The Kier molecular flexibility index (Phi) is 11.7. The van der Waals surface area contributed by atoms with E-state index in [1.165, 1.54) is 21.3 Å². The fourth-order valence-corrected chi connectivity index (χ4v) is 4.61. The van der Waals surface area contributed by atoms with Crippen molar-refractivity contribution in [2.75, 3.05) is 67.3 Å². The first-order valence-corrected chi connectivity index (χ1v) is 13.1. The van der Waals surface area contributed by atoms with Crippen molar-refractivity contribution in [1.82, 2.24) is 9.80 Å². The standard InChI is InChI=1S/C29H42N2O7/c1-21(2)15-31(29(33)23-13-26(34-3)28(36-5)27(14-23)35-4)18-25-17-30(11-12-38-25)16-24(32)20-37-19-22-9-7-6-8-10-22/h6-10,13-14,21,24-25,32H,11-12,15-20H2,1-5H3/t24-,25-/m1/s1. The molecule has 0 unspecified atom stereocenters. The number of rotatable bonds is 14. The maximum Gasteiger partial charge on any atom is 0.254 e. The highest BCUT2D eigenvalue weighted by molar-refractivity contribution is 5.95. The fraction of sp³-hybridized carbons (Fsp3) is 0.552. The third-order valence-corrected chi connectivity index (χ3v) is 6.32. The summed E-state index contributed by atoms with van der Waals surface area (Å²) in [7, 11) is 4.59. The summed E-state index contributed by atoms with van der Waals surface area (Å²) in [6.07, 6.45) is -0.781. The topological polar surface area (TPSA) is 89.9 Å². The van der Waals surface area contributed by atoms with Gasteiger partial charge in [0.15, 0.2) is 11.5 Å². The lowest BCUT2D eigenvalue weighted by atomic mass is 10.1. The van der Waals surface area contributed by atoms with Crippen LogP contribution in [-0.4, -0.2) is 100 Å². The summed E-state index contributed by atoms with van der Waals surface area (Å²) in [5, 5.41) is 10.5. The molecule has 9 nitrogen and oxygen atoms in total. The number of hydrogen-bond donors (Lipinski definition) is 1. The van der Waals surface area contributed by atoms with Gasteiger partial charge in [0.2, 0.25) is 5.75 Å². The van der Waals surface area contributed by atoms with Crippen LogP contribution in [0.5, 0.6) is 17.2 Å². The largest absolute Gasteiger partial charge is 0.493 e. The molecule has 1 aliphatic rings. The molecule has 0 aliphatic carbocycles. The number of benzene rings is 2. The Morgan fingerprint density at radius 3 is 2.39 bits per heavy atom. The summed E-state index contributed by atoms with van der Waals surface area (Å²) < 4.78 is 28.0. The van der Waals surface area contributed by atoms with E-state index in [1.54, 1.807) is 12.1 Å². The van der Waals surface area contributed by atoms with Crippen molar-refractivity contribution < 1.29 is 33.6 Å². The lowest BCUT2D eigenvalue weighted by Crippen LogP contribution is -2.51. The molecule has 2 aromatic rings. The summed E-state index contributed by atoms with van der Waals surface area (Å²) in [4.78, 5) is 17.6. The van der Waals surface area contributed by atoms with Gasteiger partial charge in [-0.05, 0) is 23.6 Å². The maximum absolute atomic E-state index is 13.6. The average molecular weight is 531 g/mol. The number of methoxy groups -OCH3 is 3. The first-order valence-electron chi connectivity index (χ1n) is 13.1. The van der Waals surface area contributed by atoms with Crippen LogP contribution in [-0.2, 0) is 16.1 Å². The van der Waals surface area contributed by atoms with E-state index < -0.39 is 6.10 Å². The Labute approximate surface area is 226 Å². The molecule has 210 valence electrons. The molecule has 0 bridgehead atoms. The molecule has 1 N–H and O–H groups in total. The predicted molar refractivity (Wildman–Crippen MR) is 145 cm³/mol. The number of ether oxygens (including phenoxy) is 5. The Balaban J connectivity index is 1.60. The fourth-order valence-electron chi connectivity index (χ4n) is 4.61. The van der Waals surface area contributed by atoms with Crippen molar-refractivity contribution in [2.45, 2.75) is 32.7 Å². The van der Waals surface area contributed by atoms with Gasteiger partial charge in [-0.3, -0.25) is 9.69 Å². The third kappa shape index (κ3) is 8.59. The van der Waals surface area contributed by atoms with Gasteiger partial charge >= 0.3 is 0 Å². The van der Waals surface area contributed by atoms with Gasteiger partial charge in [-0.25, -0.2) is 0 Å². The van der Waals surface area contributed by atoms with Crippen LogP contribution in [0.15, 0.2) is 42.5 Å². The van der Waals surface area contributed by atoms with Crippen LogP contribution in [0.4, 0.5) is 0 Å². The number of hydrogen-bond acceptors (Lipinski definition) is 8. The van der Waals surface area contributed by atoms with Crippen molar-refractivity contribution in [3.05, 3.63) is 53.6 Å². The van der Waals surface area contributed by atoms with E-state index in [1.807, 2.05) is 35.2 Å². The zero-order valence-electron chi connectivity index (χ0n) is 23.2. The van der Waals surface area contributed by atoms with Crippen LogP contribution in [0.3, 0.4) is 0 Å². The molecular formula is C29H42N2O7. The molecule has 3 rings (SSSR count). The number of morpholine rings is 1. The van der Waals surface area contributed by atoms with E-state index >= 15 is 0 Å². The van der Waals surface area contributed by atoms with Crippen molar-refractivity contribution in [3.63, 3.8) is 0 Å². The van der Waals surface area contributed by atoms with E-state index in [-0.39, 0.29) is 24.5 Å². The van der Waals surface area contributed by atoms with Crippen LogP contribution in [0.25, 0.3) is 0 Å². The molecule has 38 heavy (non-hydrogen) atoms. The zero-order chi connectivity index (χ0) is 27.5. The van der Waals surface area contributed by atoms with Gasteiger partial charge in [0.05, 0.1) is 53.4 Å². The van der Waals surface area contributed by atoms with Gasteiger partial charge < -0.3 is 33.7 Å². The second-order valence-electron chi connectivity index (χ2n) is 9.92. The summed E-state index contributed by atoms with van der Waals surface area (Å²) in [6, 6.07) is 13.3. The molecule has 2 aromatic carbocycles. The Morgan fingerprint density at radius 2 is 1.79 bits per heavy atom. The monoisotopic (exact) mass is 530 g/mol. The van der Waals surface area contributed by atoms with Crippen LogP contribution < -0.4 is 14.2 Å². The molecule has 0 radical (unpaired) electrons. The molecule has 1 fully saturated rings. The van der Waals surface area contributed by atoms with Crippen molar-refractivity contribution in [2.24, 2.45) is 5.92 Å². The van der Waals surface area contributed by atoms with E-state index in [4.69, 9.17) is 23.7 Å². The molecule has 1 amide bonds. The number of carbonyl (C=O) groups excluding carboxylic acids is 1. The van der Waals surface area contributed by atoms with Gasteiger partial charge in [0.1, 0.15) is 0 Å². The lowest BCUT2D eigenvalue weighted by molar-refractivity contribution is -0.0602. The highest BCUT2D eigenvalue weighted by Crippen LogP contribution is 2.38. The minimum atomic E-state index is -0.606. The van der Waals surface area contributed by atoms with Crippen LogP contribution in [0.1, 0.15) is 29.8 Å². The molecule has 0 saturated carbocycles. The van der Waals surface area contributed by atoms with Crippen LogP contribution in [0, 0.1) is 5.92 Å². The molecule has 0 spiro atoms. The van der Waals surface area contributed by atoms with Gasteiger partial charge in [0, 0.05) is 38.3 Å². The second kappa shape index (κ2) is 14.9. The smallest absolute Gasteiger partial charge is 0.254 e. The van der Waals surface area contributed by atoms with Gasteiger partial charge in [-0.2, -0.15) is 0 Å². The molecule has 1 heterocycles. The molecule has 1 aliphatic heterocycles. The van der Waals surface area contributed by atoms with Crippen molar-refractivity contribution in [3.8, 4) is 17.2 Å². The van der Waals surface area contributed by atoms with Gasteiger partial charge in [0.25, 0.3) is 5.91 Å². The maximum atomic E-state index is 13.6. The average Bonchev–Trinajstić information content (AvgIpc) is 2.92. The van der Waals surface area contributed by atoms with Gasteiger partial charge in [-0.15, -0.1) is 0 Å². The summed E-state index contributed by atoms with van der Waals surface area (Å²) in [5.74, 6) is 1.45. The predicted octanol–water partition coefficient (Wildman–Crippen LogP) is 3.09. The highest BCUT2D eigenvalue weighted by atomic mass is 16.5.